The Balaban J connectivity index is 1.73. The smallest absolute Gasteiger partial charge is 0.224 e. The normalized spacial score (nSPS) is 18.1. The lowest BCUT2D eigenvalue weighted by Crippen LogP contribution is -2.44. The Morgan fingerprint density at radius 1 is 1.35 bits per heavy atom. The van der Waals surface area contributed by atoms with E-state index < -0.39 is 0 Å². The largest absolute Gasteiger partial charge is 0.377 e. The molecule has 1 amide bonds. The average Bonchev–Trinajstić information content (AvgIpc) is 3.04. The maximum atomic E-state index is 12.2. The van der Waals surface area contributed by atoms with Gasteiger partial charge < -0.3 is 9.64 Å². The van der Waals surface area contributed by atoms with Crippen molar-refractivity contribution in [3.63, 3.8) is 0 Å². The predicted molar refractivity (Wildman–Crippen MR) is 89.3 cm³/mol. The van der Waals surface area contributed by atoms with E-state index >= 15 is 0 Å². The van der Waals surface area contributed by atoms with E-state index in [-0.39, 0.29) is 11.9 Å². The minimum atomic E-state index is -0.215. The molecule has 1 aliphatic heterocycles. The Morgan fingerprint density at radius 2 is 2.17 bits per heavy atom. The van der Waals surface area contributed by atoms with Crippen LogP contribution in [0.4, 0.5) is 0 Å². The topological polar surface area (TPSA) is 60.3 Å². The number of amides is 1. The second-order valence-electron chi connectivity index (χ2n) is 5.44. The van der Waals surface area contributed by atoms with Gasteiger partial charge in [0.1, 0.15) is 12.4 Å². The van der Waals surface area contributed by atoms with Crippen molar-refractivity contribution in [2.45, 2.75) is 19.0 Å². The molecule has 23 heavy (non-hydrogen) atoms. The van der Waals surface area contributed by atoms with Gasteiger partial charge in [0.15, 0.2) is 5.82 Å². The number of hydrogen-bond donors (Lipinski definition) is 1. The molecule has 1 atom stereocenters. The molecule has 2 aromatic rings. The van der Waals surface area contributed by atoms with E-state index in [1.54, 1.807) is 11.0 Å². The standard InChI is InChI=1S/C16H20N4O2S/c21-15(6-9-23)20-7-8-22-11-14(20)16-17-12-19(18-16)10-13-4-2-1-3-5-13/h1-5,12,14,23H,6-11H2. The summed E-state index contributed by atoms with van der Waals surface area (Å²) in [5.74, 6) is 1.25. The van der Waals surface area contributed by atoms with Gasteiger partial charge in [-0.2, -0.15) is 17.7 Å². The van der Waals surface area contributed by atoms with E-state index in [2.05, 4.69) is 22.7 Å². The van der Waals surface area contributed by atoms with E-state index in [1.165, 1.54) is 0 Å². The van der Waals surface area contributed by atoms with Crippen LogP contribution in [0, 0.1) is 0 Å². The zero-order chi connectivity index (χ0) is 16.1. The van der Waals surface area contributed by atoms with E-state index in [1.807, 2.05) is 35.2 Å². The van der Waals surface area contributed by atoms with Crippen molar-refractivity contribution in [2.75, 3.05) is 25.5 Å². The fraction of sp³-hybridized carbons (Fsp3) is 0.438. The first-order chi connectivity index (χ1) is 11.3. The SMILES string of the molecule is O=C(CCS)N1CCOCC1c1ncn(Cc2ccccc2)n1. The third-order valence-electron chi connectivity index (χ3n) is 3.81. The maximum absolute atomic E-state index is 12.2. The van der Waals surface area contributed by atoms with Crippen LogP contribution in [0.1, 0.15) is 23.9 Å². The van der Waals surface area contributed by atoms with Gasteiger partial charge in [0.25, 0.3) is 0 Å². The van der Waals surface area contributed by atoms with E-state index in [0.29, 0.717) is 44.3 Å². The molecule has 0 aliphatic carbocycles. The number of nitrogens with zero attached hydrogens (tertiary/aromatic N) is 4. The molecule has 122 valence electrons. The molecule has 1 aromatic heterocycles. The van der Waals surface area contributed by atoms with Crippen molar-refractivity contribution in [2.24, 2.45) is 0 Å². The molecule has 1 aliphatic rings. The zero-order valence-corrected chi connectivity index (χ0v) is 13.7. The van der Waals surface area contributed by atoms with Crippen LogP contribution in [0.25, 0.3) is 0 Å². The van der Waals surface area contributed by atoms with Crippen molar-refractivity contribution in [3.05, 3.63) is 48.0 Å². The van der Waals surface area contributed by atoms with Gasteiger partial charge in [-0.05, 0) is 11.3 Å². The van der Waals surface area contributed by atoms with Gasteiger partial charge in [-0.15, -0.1) is 0 Å². The van der Waals surface area contributed by atoms with Crippen molar-refractivity contribution in [1.82, 2.24) is 19.7 Å². The maximum Gasteiger partial charge on any atom is 0.224 e. The van der Waals surface area contributed by atoms with Gasteiger partial charge in [0.05, 0.1) is 19.8 Å². The van der Waals surface area contributed by atoms with Crippen molar-refractivity contribution < 1.29 is 9.53 Å². The molecule has 0 spiro atoms. The monoisotopic (exact) mass is 332 g/mol. The van der Waals surface area contributed by atoms with Gasteiger partial charge >= 0.3 is 0 Å². The third kappa shape index (κ3) is 3.92. The van der Waals surface area contributed by atoms with Crippen LogP contribution in [-0.2, 0) is 16.1 Å². The zero-order valence-electron chi connectivity index (χ0n) is 12.8. The van der Waals surface area contributed by atoms with E-state index in [0.717, 1.165) is 5.56 Å². The highest BCUT2D eigenvalue weighted by molar-refractivity contribution is 7.80. The lowest BCUT2D eigenvalue weighted by Gasteiger charge is -2.33. The molecule has 1 saturated heterocycles. The average molecular weight is 332 g/mol. The van der Waals surface area contributed by atoms with Gasteiger partial charge in [-0.3, -0.25) is 4.79 Å². The summed E-state index contributed by atoms with van der Waals surface area (Å²) in [5, 5.41) is 4.53. The van der Waals surface area contributed by atoms with Gasteiger partial charge in [-0.25, -0.2) is 9.67 Å². The quantitative estimate of drug-likeness (QED) is 0.844. The summed E-state index contributed by atoms with van der Waals surface area (Å²) in [6.07, 6.45) is 2.13. The molecule has 6 nitrogen and oxygen atoms in total. The van der Waals surface area contributed by atoms with Crippen molar-refractivity contribution >= 4 is 18.5 Å². The van der Waals surface area contributed by atoms with Crippen LogP contribution in [0.3, 0.4) is 0 Å². The van der Waals surface area contributed by atoms with Gasteiger partial charge in [0.2, 0.25) is 5.91 Å². The minimum Gasteiger partial charge on any atom is -0.377 e. The summed E-state index contributed by atoms with van der Waals surface area (Å²) < 4.78 is 7.31. The highest BCUT2D eigenvalue weighted by atomic mass is 32.1. The number of carbonyl (C=O) groups excluding carboxylic acids is 1. The Hall–Kier alpha value is -1.86. The van der Waals surface area contributed by atoms with Crippen molar-refractivity contribution in [3.8, 4) is 0 Å². The van der Waals surface area contributed by atoms with E-state index in [4.69, 9.17) is 4.74 Å². The summed E-state index contributed by atoms with van der Waals surface area (Å²) >= 11 is 4.14. The van der Waals surface area contributed by atoms with Crippen molar-refractivity contribution in [1.29, 1.82) is 0 Å². The summed E-state index contributed by atoms with van der Waals surface area (Å²) in [7, 11) is 0. The summed E-state index contributed by atoms with van der Waals surface area (Å²) in [5.41, 5.74) is 1.16. The second-order valence-corrected chi connectivity index (χ2v) is 5.88. The van der Waals surface area contributed by atoms with E-state index in [9.17, 15) is 4.79 Å². The Kier molecular flexibility index (Phi) is 5.30. The van der Waals surface area contributed by atoms with Crippen LogP contribution >= 0.6 is 12.6 Å². The minimum absolute atomic E-state index is 0.0766. The Bertz CT molecular complexity index is 647. The molecular weight excluding hydrogens is 312 g/mol. The molecule has 0 radical (unpaired) electrons. The summed E-state index contributed by atoms with van der Waals surface area (Å²) in [6, 6.07) is 9.87. The number of hydrogen-bond acceptors (Lipinski definition) is 5. The molecule has 3 rings (SSSR count). The molecule has 7 heteroatoms. The number of aromatic nitrogens is 3. The first kappa shape index (κ1) is 16.0. The molecule has 0 bridgehead atoms. The van der Waals surface area contributed by atoms with Crippen LogP contribution in [0.2, 0.25) is 0 Å². The lowest BCUT2D eigenvalue weighted by molar-refractivity contribution is -0.140. The molecule has 1 aromatic carbocycles. The van der Waals surface area contributed by atoms with Gasteiger partial charge in [0, 0.05) is 13.0 Å². The van der Waals surface area contributed by atoms with Crippen LogP contribution < -0.4 is 0 Å². The van der Waals surface area contributed by atoms with Crippen LogP contribution in [0.15, 0.2) is 36.7 Å². The number of ether oxygens (including phenoxy) is 1. The number of morpholine rings is 1. The highest BCUT2D eigenvalue weighted by Gasteiger charge is 2.30. The number of carbonyl (C=O) groups is 1. The number of benzene rings is 1. The predicted octanol–water partition coefficient (Wildman–Crippen LogP) is 1.55. The molecule has 1 fully saturated rings. The molecule has 0 saturated carbocycles. The second kappa shape index (κ2) is 7.61. The first-order valence-corrected chi connectivity index (χ1v) is 8.32. The van der Waals surface area contributed by atoms with Crippen LogP contribution in [0.5, 0.6) is 0 Å². The molecule has 1 unspecified atom stereocenters. The Morgan fingerprint density at radius 3 is 2.96 bits per heavy atom. The molecule has 0 N–H and O–H groups in total. The molecule has 2 heterocycles. The first-order valence-electron chi connectivity index (χ1n) is 7.69. The summed E-state index contributed by atoms with van der Waals surface area (Å²) in [6.45, 7) is 2.23. The summed E-state index contributed by atoms with van der Waals surface area (Å²) in [4.78, 5) is 18.4. The lowest BCUT2D eigenvalue weighted by atomic mass is 10.2. The fourth-order valence-corrected chi connectivity index (χ4v) is 2.86. The third-order valence-corrected chi connectivity index (χ3v) is 4.04. The van der Waals surface area contributed by atoms with Crippen LogP contribution in [-0.4, -0.2) is 51.1 Å². The molecular formula is C16H20N4O2S. The fourth-order valence-electron chi connectivity index (χ4n) is 2.66. The van der Waals surface area contributed by atoms with Gasteiger partial charge in [-0.1, -0.05) is 30.3 Å². The highest BCUT2D eigenvalue weighted by Crippen LogP contribution is 2.22. The number of thiol groups is 1. The number of rotatable bonds is 5. The Labute approximate surface area is 140 Å².